The average molecular weight is 364 g/mol. The number of aromatic nitrogens is 6. The van der Waals surface area contributed by atoms with Crippen LogP contribution in [0.3, 0.4) is 0 Å². The van der Waals surface area contributed by atoms with E-state index in [1.165, 1.54) is 19.2 Å². The maximum atomic E-state index is 5.89. The number of hydrogen-bond acceptors (Lipinski definition) is 8. The predicted molar refractivity (Wildman–Crippen MR) is 99.7 cm³/mol. The third kappa shape index (κ3) is 2.70. The lowest BCUT2D eigenvalue weighted by Gasteiger charge is -2.19. The maximum absolute atomic E-state index is 5.89. The van der Waals surface area contributed by atoms with E-state index < -0.39 is 0 Å². The molecule has 9 nitrogen and oxygen atoms in total. The van der Waals surface area contributed by atoms with Gasteiger partial charge in [0.1, 0.15) is 11.9 Å². The molecule has 1 fully saturated rings. The summed E-state index contributed by atoms with van der Waals surface area (Å²) in [6, 6.07) is 0. The fraction of sp³-hybridized carbons (Fsp3) is 0.444. The van der Waals surface area contributed by atoms with Gasteiger partial charge in [0.15, 0.2) is 11.5 Å². The van der Waals surface area contributed by atoms with Crippen molar-refractivity contribution in [3.8, 4) is 0 Å². The first-order chi connectivity index (χ1) is 13.3. The van der Waals surface area contributed by atoms with Gasteiger partial charge in [0.2, 0.25) is 0 Å². The maximum Gasteiger partial charge on any atom is 0.159 e. The Balaban J connectivity index is 1.60. The van der Waals surface area contributed by atoms with Gasteiger partial charge in [-0.2, -0.15) is 10.2 Å². The van der Waals surface area contributed by atoms with Crippen LogP contribution in [0.15, 0.2) is 30.1 Å². The van der Waals surface area contributed by atoms with Gasteiger partial charge in [-0.05, 0) is 32.6 Å². The first-order valence-corrected chi connectivity index (χ1v) is 9.28. The van der Waals surface area contributed by atoms with E-state index in [1.807, 2.05) is 24.0 Å². The van der Waals surface area contributed by atoms with Crippen molar-refractivity contribution in [1.29, 1.82) is 0 Å². The fourth-order valence-corrected chi connectivity index (χ4v) is 4.00. The second-order valence-corrected chi connectivity index (χ2v) is 7.06. The summed E-state index contributed by atoms with van der Waals surface area (Å²) < 4.78 is 1.87. The average Bonchev–Trinajstić information content (AvgIpc) is 3.44. The zero-order chi connectivity index (χ0) is 18.3. The molecule has 138 valence electrons. The Kier molecular flexibility index (Phi) is 3.73. The highest BCUT2D eigenvalue weighted by Gasteiger charge is 2.42. The van der Waals surface area contributed by atoms with Crippen LogP contribution in [0.2, 0.25) is 0 Å². The van der Waals surface area contributed by atoms with Crippen molar-refractivity contribution < 1.29 is 4.84 Å². The highest BCUT2D eigenvalue weighted by Crippen LogP contribution is 2.42. The highest BCUT2D eigenvalue weighted by molar-refractivity contribution is 6.11. The molecule has 3 aromatic heterocycles. The number of pyridine rings is 1. The molecule has 0 amide bonds. The van der Waals surface area contributed by atoms with E-state index >= 15 is 0 Å². The molecule has 2 aliphatic rings. The van der Waals surface area contributed by atoms with Gasteiger partial charge >= 0.3 is 0 Å². The third-order valence-corrected chi connectivity index (χ3v) is 5.38. The number of nitrogens with one attached hydrogen (secondary N) is 1. The van der Waals surface area contributed by atoms with E-state index in [4.69, 9.17) is 4.84 Å². The van der Waals surface area contributed by atoms with E-state index in [-0.39, 0.29) is 5.60 Å². The van der Waals surface area contributed by atoms with E-state index in [0.717, 1.165) is 53.8 Å². The lowest BCUT2D eigenvalue weighted by atomic mass is 9.92. The molecule has 3 aromatic rings. The number of hydrogen-bond donors (Lipinski definition) is 1. The molecule has 1 aliphatic heterocycles. The molecule has 27 heavy (non-hydrogen) atoms. The van der Waals surface area contributed by atoms with Crippen molar-refractivity contribution in [3.63, 3.8) is 0 Å². The van der Waals surface area contributed by atoms with Crippen LogP contribution in [0.1, 0.15) is 44.6 Å². The molecule has 5 rings (SSSR count). The lowest BCUT2D eigenvalue weighted by Crippen LogP contribution is -2.24. The molecule has 1 spiro atoms. The Morgan fingerprint density at radius 3 is 2.81 bits per heavy atom. The molecule has 1 N–H and O–H groups in total. The fourth-order valence-electron chi connectivity index (χ4n) is 4.00. The second-order valence-electron chi connectivity index (χ2n) is 7.06. The smallest absolute Gasteiger partial charge is 0.159 e. The zero-order valence-corrected chi connectivity index (χ0v) is 15.1. The normalized spacial score (nSPS) is 18.0. The lowest BCUT2D eigenvalue weighted by molar-refractivity contribution is -0.0126. The van der Waals surface area contributed by atoms with Gasteiger partial charge in [-0.1, -0.05) is 5.16 Å². The molecule has 0 unspecified atom stereocenters. The van der Waals surface area contributed by atoms with Crippen molar-refractivity contribution in [2.24, 2.45) is 5.16 Å². The van der Waals surface area contributed by atoms with Crippen molar-refractivity contribution in [2.75, 3.05) is 5.32 Å². The van der Waals surface area contributed by atoms with Crippen LogP contribution in [0, 0.1) is 0 Å². The summed E-state index contributed by atoms with van der Waals surface area (Å²) in [5, 5.41) is 20.8. The number of oxime groups is 1. The Morgan fingerprint density at radius 2 is 2.04 bits per heavy atom. The van der Waals surface area contributed by atoms with Gasteiger partial charge in [-0.15, -0.1) is 5.10 Å². The minimum atomic E-state index is -0.133. The molecule has 1 saturated carbocycles. The van der Waals surface area contributed by atoms with Crippen molar-refractivity contribution in [1.82, 2.24) is 29.9 Å². The summed E-state index contributed by atoms with van der Waals surface area (Å²) in [5.74, 6) is 0.609. The van der Waals surface area contributed by atoms with Crippen molar-refractivity contribution >= 4 is 28.3 Å². The number of rotatable bonds is 4. The monoisotopic (exact) mass is 364 g/mol. The summed E-state index contributed by atoms with van der Waals surface area (Å²) >= 11 is 0. The van der Waals surface area contributed by atoms with Gasteiger partial charge in [0.05, 0.1) is 29.2 Å². The molecule has 0 atom stereocenters. The largest absolute Gasteiger partial charge is 0.389 e. The van der Waals surface area contributed by atoms with Crippen LogP contribution in [-0.4, -0.2) is 41.3 Å². The Hall–Kier alpha value is -3.10. The molecule has 0 aromatic carbocycles. The molecule has 0 bridgehead atoms. The van der Waals surface area contributed by atoms with Gasteiger partial charge in [0.25, 0.3) is 0 Å². The molecular weight excluding hydrogens is 344 g/mol. The van der Waals surface area contributed by atoms with Crippen LogP contribution in [0.4, 0.5) is 11.5 Å². The molecule has 1 aliphatic carbocycles. The minimum absolute atomic E-state index is 0.133. The summed E-state index contributed by atoms with van der Waals surface area (Å²) in [4.78, 5) is 14.8. The van der Waals surface area contributed by atoms with Crippen LogP contribution in [-0.2, 0) is 11.4 Å². The first-order valence-electron chi connectivity index (χ1n) is 9.28. The Labute approximate surface area is 155 Å². The quantitative estimate of drug-likeness (QED) is 0.759. The van der Waals surface area contributed by atoms with E-state index in [9.17, 15) is 0 Å². The Morgan fingerprint density at radius 1 is 1.15 bits per heavy atom. The van der Waals surface area contributed by atoms with Crippen molar-refractivity contribution in [3.05, 3.63) is 30.5 Å². The zero-order valence-electron chi connectivity index (χ0n) is 15.1. The minimum Gasteiger partial charge on any atom is -0.389 e. The number of fused-ring (bicyclic) bond motifs is 1. The molecule has 0 saturated heterocycles. The van der Waals surface area contributed by atoms with Gasteiger partial charge in [0, 0.05) is 24.7 Å². The Bertz CT molecular complexity index is 1010. The first kappa shape index (κ1) is 16.1. The van der Waals surface area contributed by atoms with Crippen molar-refractivity contribution in [2.45, 2.75) is 51.2 Å². The number of anilines is 2. The van der Waals surface area contributed by atoms with E-state index in [1.54, 1.807) is 6.20 Å². The standard InChI is InChI=1S/C18H20N8O/c1-2-26-17-13(9-23-26)16(24-15-10-21-22-11-20-15)12(8-19-17)14-7-18(27-25-14)5-3-4-6-18/h8-11H,2-7H2,1H3,(H,19,20,22,24). The van der Waals surface area contributed by atoms with Gasteiger partial charge in [-0.3, -0.25) is 0 Å². The van der Waals surface area contributed by atoms with Crippen LogP contribution in [0.25, 0.3) is 11.0 Å². The second kappa shape index (κ2) is 6.26. The number of nitrogens with zero attached hydrogens (tertiary/aromatic N) is 7. The van der Waals surface area contributed by atoms with Crippen LogP contribution < -0.4 is 5.32 Å². The topological polar surface area (TPSA) is 103 Å². The molecule has 9 heteroatoms. The molecule has 0 radical (unpaired) electrons. The number of aryl methyl sites for hydroxylation is 1. The summed E-state index contributed by atoms with van der Waals surface area (Å²) in [7, 11) is 0. The summed E-state index contributed by atoms with van der Waals surface area (Å²) in [6.45, 7) is 2.79. The third-order valence-electron chi connectivity index (χ3n) is 5.38. The SMILES string of the molecule is CCn1ncc2c(Nc3cnncn3)c(C3=NOC4(CCCC4)C3)cnc21. The van der Waals surface area contributed by atoms with E-state index in [0.29, 0.717) is 5.82 Å². The molecular formula is C18H20N8O. The predicted octanol–water partition coefficient (Wildman–Crippen LogP) is 2.82. The highest BCUT2D eigenvalue weighted by atomic mass is 16.7. The molecule has 4 heterocycles. The van der Waals surface area contributed by atoms with Crippen LogP contribution >= 0.6 is 0 Å². The van der Waals surface area contributed by atoms with Gasteiger partial charge < -0.3 is 10.2 Å². The summed E-state index contributed by atoms with van der Waals surface area (Å²) in [5.41, 5.74) is 3.39. The van der Waals surface area contributed by atoms with E-state index in [2.05, 4.69) is 35.7 Å². The van der Waals surface area contributed by atoms with Crippen LogP contribution in [0.5, 0.6) is 0 Å². The summed E-state index contributed by atoms with van der Waals surface area (Å²) in [6.07, 6.45) is 12.0. The van der Waals surface area contributed by atoms with Gasteiger partial charge in [-0.25, -0.2) is 14.6 Å².